The number of rotatable bonds is 6. The number of halogens is 3. The quantitative estimate of drug-likeness (QED) is 0.755. The summed E-state index contributed by atoms with van der Waals surface area (Å²) in [5, 5.41) is 0. The molecular formula is C21H22F3NO3. The lowest BCUT2D eigenvalue weighted by Gasteiger charge is -2.33. The smallest absolute Gasteiger partial charge is 0.227 e. The van der Waals surface area contributed by atoms with Crippen molar-refractivity contribution in [1.29, 1.82) is 0 Å². The van der Waals surface area contributed by atoms with Gasteiger partial charge in [-0.2, -0.15) is 0 Å². The van der Waals surface area contributed by atoms with Crippen LogP contribution in [0.1, 0.15) is 16.7 Å². The van der Waals surface area contributed by atoms with Gasteiger partial charge in [-0.1, -0.05) is 24.3 Å². The van der Waals surface area contributed by atoms with E-state index < -0.39 is 11.6 Å². The van der Waals surface area contributed by atoms with Crippen LogP contribution in [0, 0.1) is 24.4 Å². The number of morpholine rings is 1. The van der Waals surface area contributed by atoms with Gasteiger partial charge < -0.3 is 14.4 Å². The molecule has 1 atom stereocenters. The van der Waals surface area contributed by atoms with Crippen LogP contribution >= 0.6 is 0 Å². The Morgan fingerprint density at radius 1 is 1.18 bits per heavy atom. The summed E-state index contributed by atoms with van der Waals surface area (Å²) in [6, 6.07) is 8.84. The third-order valence-electron chi connectivity index (χ3n) is 4.72. The van der Waals surface area contributed by atoms with Crippen LogP contribution in [0.3, 0.4) is 0 Å². The first-order chi connectivity index (χ1) is 13.5. The van der Waals surface area contributed by atoms with Gasteiger partial charge in [-0.15, -0.1) is 0 Å². The maximum Gasteiger partial charge on any atom is 0.227 e. The monoisotopic (exact) mass is 393 g/mol. The Morgan fingerprint density at radius 3 is 2.75 bits per heavy atom. The van der Waals surface area contributed by atoms with E-state index in [1.54, 1.807) is 18.2 Å². The fourth-order valence-corrected chi connectivity index (χ4v) is 3.10. The molecule has 150 valence electrons. The summed E-state index contributed by atoms with van der Waals surface area (Å²) >= 11 is 0. The number of amides is 1. The molecule has 1 aliphatic heterocycles. The van der Waals surface area contributed by atoms with Crippen LogP contribution < -0.4 is 0 Å². The average Bonchev–Trinajstić information content (AvgIpc) is 2.70. The van der Waals surface area contributed by atoms with Crippen molar-refractivity contribution in [3.8, 4) is 0 Å². The standard InChI is InChI=1S/C21H22F3NO3/c1-14-6-7-19(23)17(21(14)24)10-20(26)25-8-9-28-16(11-25)13-27-12-15-4-2-3-5-18(15)22/h2-7,16H,8-13H2,1H3. The maximum atomic E-state index is 14.1. The van der Waals surface area contributed by atoms with Crippen molar-refractivity contribution in [2.45, 2.75) is 26.1 Å². The van der Waals surface area contributed by atoms with Gasteiger partial charge in [0.25, 0.3) is 0 Å². The summed E-state index contributed by atoms with van der Waals surface area (Å²) in [5.74, 6) is -2.13. The number of carbonyl (C=O) groups excluding carboxylic acids is 1. The minimum Gasteiger partial charge on any atom is -0.374 e. The van der Waals surface area contributed by atoms with Crippen molar-refractivity contribution in [1.82, 2.24) is 4.90 Å². The van der Waals surface area contributed by atoms with E-state index in [9.17, 15) is 18.0 Å². The second-order valence-electron chi connectivity index (χ2n) is 6.77. The highest BCUT2D eigenvalue weighted by Crippen LogP contribution is 2.18. The Balaban J connectivity index is 1.54. The van der Waals surface area contributed by atoms with E-state index in [1.165, 1.54) is 30.0 Å². The van der Waals surface area contributed by atoms with Crippen molar-refractivity contribution in [2.24, 2.45) is 0 Å². The van der Waals surface area contributed by atoms with Crippen LogP contribution in [0.4, 0.5) is 13.2 Å². The summed E-state index contributed by atoms with van der Waals surface area (Å²) in [6.07, 6.45) is -0.723. The van der Waals surface area contributed by atoms with Crippen LogP contribution in [0.2, 0.25) is 0 Å². The van der Waals surface area contributed by atoms with E-state index in [0.717, 1.165) is 0 Å². The summed E-state index contributed by atoms with van der Waals surface area (Å²) in [4.78, 5) is 14.0. The van der Waals surface area contributed by atoms with Crippen molar-refractivity contribution in [3.63, 3.8) is 0 Å². The predicted octanol–water partition coefficient (Wildman–Crippen LogP) is 3.40. The molecule has 3 rings (SSSR count). The van der Waals surface area contributed by atoms with E-state index in [0.29, 0.717) is 24.3 Å². The minimum absolute atomic E-state index is 0.0974. The second-order valence-corrected chi connectivity index (χ2v) is 6.77. The zero-order valence-corrected chi connectivity index (χ0v) is 15.6. The minimum atomic E-state index is -0.727. The fraction of sp³-hybridized carbons (Fsp3) is 0.381. The van der Waals surface area contributed by atoms with Crippen molar-refractivity contribution < 1.29 is 27.4 Å². The van der Waals surface area contributed by atoms with Crippen LogP contribution in [-0.2, 0) is 27.3 Å². The molecule has 1 amide bonds. The molecule has 2 aromatic carbocycles. The van der Waals surface area contributed by atoms with Crippen LogP contribution in [-0.4, -0.2) is 43.2 Å². The second kappa shape index (κ2) is 9.21. The van der Waals surface area contributed by atoms with Gasteiger partial charge in [0.15, 0.2) is 0 Å². The molecule has 2 aromatic rings. The molecule has 0 radical (unpaired) electrons. The van der Waals surface area contributed by atoms with Crippen LogP contribution in [0.5, 0.6) is 0 Å². The highest BCUT2D eigenvalue weighted by Gasteiger charge is 2.26. The Morgan fingerprint density at radius 2 is 1.96 bits per heavy atom. The molecule has 1 aliphatic rings. The molecule has 0 bridgehead atoms. The zero-order valence-electron chi connectivity index (χ0n) is 15.6. The molecule has 4 nitrogen and oxygen atoms in total. The fourth-order valence-electron chi connectivity index (χ4n) is 3.10. The van der Waals surface area contributed by atoms with Crippen molar-refractivity contribution in [3.05, 3.63) is 70.5 Å². The molecule has 0 N–H and O–H groups in total. The summed E-state index contributed by atoms with van der Waals surface area (Å²) in [5.41, 5.74) is 0.520. The molecule has 1 heterocycles. The molecule has 28 heavy (non-hydrogen) atoms. The average molecular weight is 393 g/mol. The van der Waals surface area contributed by atoms with Gasteiger partial charge in [0.05, 0.1) is 32.3 Å². The Labute approximate surface area is 161 Å². The van der Waals surface area contributed by atoms with Crippen LogP contribution in [0.25, 0.3) is 0 Å². The predicted molar refractivity (Wildman–Crippen MR) is 97.2 cm³/mol. The number of nitrogens with zero attached hydrogens (tertiary/aromatic N) is 1. The lowest BCUT2D eigenvalue weighted by molar-refractivity contribution is -0.141. The lowest BCUT2D eigenvalue weighted by Crippen LogP contribution is -2.47. The SMILES string of the molecule is Cc1ccc(F)c(CC(=O)N2CCOC(COCc3ccccc3F)C2)c1F. The first kappa shape index (κ1) is 20.4. The lowest BCUT2D eigenvalue weighted by atomic mass is 10.1. The maximum absolute atomic E-state index is 14.1. The summed E-state index contributed by atoms with van der Waals surface area (Å²) in [7, 11) is 0. The molecule has 1 saturated heterocycles. The van der Waals surface area contributed by atoms with E-state index in [2.05, 4.69) is 0 Å². The van der Waals surface area contributed by atoms with Gasteiger partial charge in [-0.3, -0.25) is 4.79 Å². The molecule has 0 saturated carbocycles. The van der Waals surface area contributed by atoms with E-state index in [4.69, 9.17) is 9.47 Å². The molecular weight excluding hydrogens is 371 g/mol. The van der Waals surface area contributed by atoms with E-state index in [-0.39, 0.29) is 49.6 Å². The van der Waals surface area contributed by atoms with Crippen molar-refractivity contribution in [2.75, 3.05) is 26.3 Å². The topological polar surface area (TPSA) is 38.8 Å². The number of hydrogen-bond donors (Lipinski definition) is 0. The Bertz CT molecular complexity index is 844. The van der Waals surface area contributed by atoms with Gasteiger partial charge in [0.1, 0.15) is 17.5 Å². The van der Waals surface area contributed by atoms with E-state index in [1.807, 2.05) is 0 Å². The number of aryl methyl sites for hydroxylation is 1. The highest BCUT2D eigenvalue weighted by molar-refractivity contribution is 5.79. The normalized spacial score (nSPS) is 17.0. The molecule has 0 spiro atoms. The van der Waals surface area contributed by atoms with Gasteiger partial charge in [0.2, 0.25) is 5.91 Å². The molecule has 7 heteroatoms. The number of ether oxygens (including phenoxy) is 2. The van der Waals surface area contributed by atoms with Gasteiger partial charge >= 0.3 is 0 Å². The highest BCUT2D eigenvalue weighted by atomic mass is 19.1. The Kier molecular flexibility index (Phi) is 6.70. The van der Waals surface area contributed by atoms with Crippen molar-refractivity contribution >= 4 is 5.91 Å². The van der Waals surface area contributed by atoms with Gasteiger partial charge in [-0.25, -0.2) is 13.2 Å². The molecule has 1 fully saturated rings. The first-order valence-electron chi connectivity index (χ1n) is 9.09. The van der Waals surface area contributed by atoms with Gasteiger partial charge in [-0.05, 0) is 24.6 Å². The summed E-state index contributed by atoms with van der Waals surface area (Å²) < 4.78 is 52.7. The number of carbonyl (C=O) groups is 1. The third-order valence-corrected chi connectivity index (χ3v) is 4.72. The molecule has 0 aromatic heterocycles. The largest absolute Gasteiger partial charge is 0.374 e. The Hall–Kier alpha value is -2.38. The first-order valence-corrected chi connectivity index (χ1v) is 9.09. The summed E-state index contributed by atoms with van der Waals surface area (Å²) in [6.45, 7) is 2.72. The van der Waals surface area contributed by atoms with Crippen LogP contribution in [0.15, 0.2) is 36.4 Å². The van der Waals surface area contributed by atoms with E-state index >= 15 is 0 Å². The molecule has 0 aliphatic carbocycles. The van der Waals surface area contributed by atoms with Gasteiger partial charge in [0, 0.05) is 24.2 Å². The molecule has 1 unspecified atom stereocenters. The number of benzene rings is 2. The number of hydrogen-bond acceptors (Lipinski definition) is 3. The third kappa shape index (κ3) is 4.91. The zero-order chi connectivity index (χ0) is 20.1.